The standard InChI is InChI=1S/C40H42N2O4.C24BF20.C18H12Cl3S/c1-3-5-7-9-11-13-23-41-37(43)29-19-15-25-27-17-21-31-36-32(40(46)42(39(31)45)24-14-12-10-8-6-4-2)22-18-28(34(27)36)26-16-20-30(38(41)44)35(29)33(25)26;26-5-1(6(27)14(35)21(42)13(5)34)25(2-7(28)15(36)22(43)16(37)8(2)29,3-9(30)17(38)23(44)18(39)10(3)31)4-11(32)19(40)24(45)20(41)12(4)33;19-13-1-7-16(8-2-13)22(17-9-3-14(20)4-10-17)18-11-5-15(21)6-12-18/h15-22H,3-14,23-24H2,1-2H3;;1-12H/q;-1;+1. The fraction of sp³-hybridized carbons (Fsp3) is 0.195. The predicted molar refractivity (Wildman–Crippen MR) is 391 cm³/mol. The summed E-state index contributed by atoms with van der Waals surface area (Å²) in [5, 5.41) is 9.10. The molecule has 12 aromatic carbocycles. The van der Waals surface area contributed by atoms with Crippen molar-refractivity contribution in [2.45, 2.75) is 106 Å². The highest BCUT2D eigenvalue weighted by atomic mass is 35.5. The summed E-state index contributed by atoms with van der Waals surface area (Å²) >= 11 is 18.1. The fourth-order valence-corrected chi connectivity index (χ4v) is 17.3. The number of halogens is 23. The van der Waals surface area contributed by atoms with Gasteiger partial charge >= 0.3 is 0 Å². The number of imide groups is 2. The molecule has 0 aliphatic carbocycles. The third-order valence-corrected chi connectivity index (χ3v) is 23.1. The summed E-state index contributed by atoms with van der Waals surface area (Å²) in [4.78, 5) is 61.5. The summed E-state index contributed by atoms with van der Waals surface area (Å²) in [6.07, 6.45) is 5.80. The van der Waals surface area contributed by atoms with Crippen LogP contribution in [0.5, 0.6) is 0 Å². The van der Waals surface area contributed by atoms with E-state index in [1.165, 1.54) is 63.0 Å². The molecule has 14 rings (SSSR count). The van der Waals surface area contributed by atoms with E-state index in [1.807, 2.05) is 84.9 Å². The van der Waals surface area contributed by atoms with E-state index in [9.17, 15) is 71.9 Å². The van der Waals surface area contributed by atoms with Crippen LogP contribution in [0, 0.1) is 116 Å². The third kappa shape index (κ3) is 14.2. The zero-order chi connectivity index (χ0) is 81.8. The number of hydrogen-bond acceptors (Lipinski definition) is 4. The van der Waals surface area contributed by atoms with Crippen molar-refractivity contribution in [2.24, 2.45) is 0 Å². The molecule has 0 aromatic heterocycles. The lowest BCUT2D eigenvalue weighted by atomic mass is 9.12. The first kappa shape index (κ1) is 82.6. The Balaban J connectivity index is 0.000000167. The number of carbonyl (C=O) groups excluding carboxylic acids is 4. The van der Waals surface area contributed by atoms with Gasteiger partial charge in [-0.2, -0.15) is 0 Å². The number of hydrogen-bond donors (Lipinski definition) is 0. The minimum Gasteiger partial charge on any atom is -0.274 e. The monoisotopic (exact) mass is 1660 g/mol. The quantitative estimate of drug-likeness (QED) is 0.00827. The van der Waals surface area contributed by atoms with Crippen molar-refractivity contribution < 1.29 is 107 Å². The van der Waals surface area contributed by atoms with Crippen LogP contribution >= 0.6 is 34.8 Å². The van der Waals surface area contributed by atoms with Crippen molar-refractivity contribution in [3.8, 4) is 0 Å². The van der Waals surface area contributed by atoms with E-state index >= 15 is 35.1 Å². The Labute approximate surface area is 647 Å². The van der Waals surface area contributed by atoms with Gasteiger partial charge in [-0.05, 0) is 142 Å². The van der Waals surface area contributed by atoms with Gasteiger partial charge in [-0.1, -0.05) is 137 Å². The molecule has 0 fully saturated rings. The smallest absolute Gasteiger partial charge is 0.261 e. The Hall–Kier alpha value is -9.90. The molecule has 0 atom stereocenters. The van der Waals surface area contributed by atoms with Gasteiger partial charge in [0.1, 0.15) is 52.7 Å². The summed E-state index contributed by atoms with van der Waals surface area (Å²) in [5.74, 6) is -72.3. The molecular formula is C82H54BCl3F20N2O4S. The lowest BCUT2D eigenvalue weighted by Gasteiger charge is -2.44. The zero-order valence-corrected chi connectivity index (χ0v) is 61.7. The number of fused-ring (bicyclic) bond motifs is 2. The predicted octanol–water partition coefficient (Wildman–Crippen LogP) is 22.2. The average Bonchev–Trinajstić information content (AvgIpc) is 0.669. The Bertz CT molecular complexity index is 5090. The molecule has 2 heterocycles. The molecule has 586 valence electrons. The lowest BCUT2D eigenvalue weighted by Crippen LogP contribution is -2.81. The maximum absolute atomic E-state index is 15.4. The van der Waals surface area contributed by atoms with E-state index in [-0.39, 0.29) is 34.5 Å². The van der Waals surface area contributed by atoms with Gasteiger partial charge in [0.2, 0.25) is 0 Å². The van der Waals surface area contributed by atoms with Crippen LogP contribution in [0.4, 0.5) is 87.8 Å². The molecule has 31 heteroatoms. The fourth-order valence-electron chi connectivity index (χ4n) is 14.9. The summed E-state index contributed by atoms with van der Waals surface area (Å²) in [5.41, 5.74) is -12.1. The van der Waals surface area contributed by atoms with E-state index in [4.69, 9.17) is 34.8 Å². The summed E-state index contributed by atoms with van der Waals surface area (Å²) < 4.78 is 294. The van der Waals surface area contributed by atoms with Gasteiger partial charge in [-0.15, -0.1) is 21.9 Å². The third-order valence-electron chi connectivity index (χ3n) is 20.1. The van der Waals surface area contributed by atoms with Crippen LogP contribution < -0.4 is 21.9 Å². The van der Waals surface area contributed by atoms with Crippen molar-refractivity contribution >= 4 is 140 Å². The minimum absolute atomic E-state index is 0.215. The topological polar surface area (TPSA) is 74.8 Å². The molecule has 0 bridgehead atoms. The maximum Gasteiger partial charge on any atom is 0.261 e. The van der Waals surface area contributed by atoms with Crippen molar-refractivity contribution in [3.05, 3.63) is 275 Å². The minimum atomic E-state index is -7.22. The number of rotatable bonds is 21. The van der Waals surface area contributed by atoms with Crippen LogP contribution in [0.3, 0.4) is 0 Å². The van der Waals surface area contributed by atoms with E-state index in [0.717, 1.165) is 85.9 Å². The Morgan fingerprint density at radius 2 is 0.451 bits per heavy atom. The second kappa shape index (κ2) is 33.3. The number of carbonyl (C=O) groups is 4. The molecule has 0 spiro atoms. The molecule has 0 saturated heterocycles. The van der Waals surface area contributed by atoms with E-state index in [2.05, 4.69) is 50.2 Å². The van der Waals surface area contributed by atoms with Gasteiger partial charge in [-0.25, -0.2) is 87.8 Å². The van der Waals surface area contributed by atoms with Gasteiger partial charge in [0.25, 0.3) is 23.6 Å². The van der Waals surface area contributed by atoms with E-state index in [1.54, 1.807) is 0 Å². The molecule has 113 heavy (non-hydrogen) atoms. The van der Waals surface area contributed by atoms with Gasteiger partial charge in [0, 0.05) is 61.2 Å². The van der Waals surface area contributed by atoms with Crippen molar-refractivity contribution in [2.75, 3.05) is 13.1 Å². The van der Waals surface area contributed by atoms with Crippen LogP contribution in [0.15, 0.2) is 136 Å². The normalized spacial score (nSPS) is 12.9. The molecule has 2 aliphatic rings. The van der Waals surface area contributed by atoms with Gasteiger partial charge in [0.15, 0.2) is 84.5 Å². The average molecular weight is 1660 g/mol. The highest BCUT2D eigenvalue weighted by Crippen LogP contribution is 2.47. The van der Waals surface area contributed by atoms with Crippen LogP contribution in [0.1, 0.15) is 132 Å². The van der Waals surface area contributed by atoms with Crippen LogP contribution in [-0.4, -0.2) is 52.7 Å². The zero-order valence-electron chi connectivity index (χ0n) is 58.7. The molecule has 2 aliphatic heterocycles. The largest absolute Gasteiger partial charge is 0.274 e. The van der Waals surface area contributed by atoms with Gasteiger partial charge in [-0.3, -0.25) is 29.0 Å². The maximum atomic E-state index is 15.4. The Morgan fingerprint density at radius 3 is 0.664 bits per heavy atom. The van der Waals surface area contributed by atoms with Crippen molar-refractivity contribution in [1.82, 2.24) is 9.80 Å². The van der Waals surface area contributed by atoms with Crippen LogP contribution in [0.25, 0.3) is 43.1 Å². The molecule has 4 amide bonds. The van der Waals surface area contributed by atoms with Gasteiger partial charge < -0.3 is 0 Å². The number of amides is 4. The molecule has 0 radical (unpaired) electrons. The Kier molecular flexibility index (Phi) is 24.3. The van der Waals surface area contributed by atoms with Gasteiger partial charge in [0.05, 0.1) is 10.9 Å². The molecule has 6 nitrogen and oxygen atoms in total. The van der Waals surface area contributed by atoms with Crippen molar-refractivity contribution in [3.63, 3.8) is 0 Å². The lowest BCUT2D eigenvalue weighted by molar-refractivity contribution is 0.0592. The first-order chi connectivity index (χ1) is 53.8. The van der Waals surface area contributed by atoms with Crippen LogP contribution in [-0.2, 0) is 10.9 Å². The van der Waals surface area contributed by atoms with E-state index in [0.29, 0.717) is 46.1 Å². The number of unbranched alkanes of at least 4 members (excludes halogenated alkanes) is 10. The molecule has 12 aromatic rings. The van der Waals surface area contributed by atoms with Crippen LogP contribution in [0.2, 0.25) is 15.1 Å². The molecule has 0 N–H and O–H groups in total. The Morgan fingerprint density at radius 1 is 0.257 bits per heavy atom. The molecular weight excluding hydrogens is 1610 g/mol. The molecule has 0 unspecified atom stereocenters. The first-order valence-electron chi connectivity index (χ1n) is 35.0. The molecule has 0 saturated carbocycles. The van der Waals surface area contributed by atoms with Crippen molar-refractivity contribution in [1.29, 1.82) is 0 Å². The highest BCUT2D eigenvalue weighted by molar-refractivity contribution is 7.97. The number of benzene rings is 12. The first-order valence-corrected chi connectivity index (χ1v) is 37.3. The summed E-state index contributed by atoms with van der Waals surface area (Å²) in [6.45, 7) is 5.24. The summed E-state index contributed by atoms with van der Waals surface area (Å²) in [7, 11) is -0.215. The summed E-state index contributed by atoms with van der Waals surface area (Å²) in [6, 6.07) is 39.2. The SMILES string of the molecule is CCCCCCCCN1C(=O)c2ccc3c4ccc5c6c(ccc(c7ccc(c2c37)C1=O)c64)C(=O)N(CCCCCCCC)C5=O.Clc1ccc([S+](c2ccc(Cl)cc2)c2ccc(Cl)cc2)cc1.Fc1c(F)c(F)c([B-](c2c(F)c(F)c(F)c(F)c2F)(c2c(F)c(F)c(F)c(F)c2F)c2c(F)c(F)c(F)c(F)c2F)c(F)c1F. The highest BCUT2D eigenvalue weighted by Gasteiger charge is 2.53. The second-order valence-electron chi connectivity index (χ2n) is 26.7. The number of nitrogens with zero attached hydrogens (tertiary/aromatic N) is 2. The second-order valence-corrected chi connectivity index (χ2v) is 30.0. The van der Waals surface area contributed by atoms with E-state index < -0.39 is 144 Å².